The molecule has 1 rings (SSSR count). The van der Waals surface area contributed by atoms with E-state index in [1.165, 1.54) is 0 Å². The monoisotopic (exact) mass is 206 g/mol. The number of nitrogens with zero attached hydrogens (tertiary/aromatic N) is 1. The van der Waals surface area contributed by atoms with Crippen LogP contribution in [0.3, 0.4) is 0 Å². The van der Waals surface area contributed by atoms with Crippen LogP contribution in [0.15, 0.2) is 30.3 Å². The molecule has 3 heteroatoms. The van der Waals surface area contributed by atoms with Gasteiger partial charge in [0.1, 0.15) is 0 Å². The van der Waals surface area contributed by atoms with Crippen molar-refractivity contribution in [2.75, 3.05) is 13.1 Å². The van der Waals surface area contributed by atoms with Crippen molar-refractivity contribution in [3.8, 4) is 0 Å². The SMILES string of the molecule is CCCN(Cc1ccccc1)C(=O)CN. The molecule has 0 unspecified atom stereocenters. The van der Waals surface area contributed by atoms with E-state index in [1.807, 2.05) is 30.3 Å². The Balaban J connectivity index is 2.62. The summed E-state index contributed by atoms with van der Waals surface area (Å²) in [7, 11) is 0. The minimum Gasteiger partial charge on any atom is -0.337 e. The summed E-state index contributed by atoms with van der Waals surface area (Å²) in [5.41, 5.74) is 6.51. The first-order valence-electron chi connectivity index (χ1n) is 5.29. The molecule has 1 aromatic carbocycles. The van der Waals surface area contributed by atoms with Crippen LogP contribution >= 0.6 is 0 Å². The van der Waals surface area contributed by atoms with Gasteiger partial charge in [0.15, 0.2) is 0 Å². The van der Waals surface area contributed by atoms with Crippen molar-refractivity contribution in [1.29, 1.82) is 0 Å². The molecule has 1 amide bonds. The molecule has 0 aromatic heterocycles. The second kappa shape index (κ2) is 6.19. The highest BCUT2D eigenvalue weighted by molar-refractivity contribution is 5.77. The van der Waals surface area contributed by atoms with E-state index < -0.39 is 0 Å². The van der Waals surface area contributed by atoms with Crippen LogP contribution in [0.4, 0.5) is 0 Å². The first-order valence-corrected chi connectivity index (χ1v) is 5.29. The molecule has 3 nitrogen and oxygen atoms in total. The average molecular weight is 206 g/mol. The third-order valence-electron chi connectivity index (χ3n) is 2.24. The van der Waals surface area contributed by atoms with Gasteiger partial charge in [0.25, 0.3) is 0 Å². The van der Waals surface area contributed by atoms with Crippen molar-refractivity contribution in [2.45, 2.75) is 19.9 Å². The van der Waals surface area contributed by atoms with E-state index >= 15 is 0 Å². The number of amides is 1. The molecule has 0 aliphatic rings. The standard InChI is InChI=1S/C12H18N2O/c1-2-8-14(12(15)9-13)10-11-6-4-3-5-7-11/h3-7H,2,8-10,13H2,1H3. The quantitative estimate of drug-likeness (QED) is 0.791. The molecule has 0 bridgehead atoms. The molecule has 0 aliphatic heterocycles. The van der Waals surface area contributed by atoms with Gasteiger partial charge in [0, 0.05) is 13.1 Å². The first kappa shape index (κ1) is 11.7. The normalized spacial score (nSPS) is 10.0. The second-order valence-electron chi connectivity index (χ2n) is 3.51. The predicted molar refractivity (Wildman–Crippen MR) is 61.2 cm³/mol. The minimum atomic E-state index is 0.0145. The minimum absolute atomic E-state index is 0.0145. The number of rotatable bonds is 5. The molecule has 0 saturated carbocycles. The summed E-state index contributed by atoms with van der Waals surface area (Å²) in [5.74, 6) is 0.0145. The molecule has 0 radical (unpaired) electrons. The van der Waals surface area contributed by atoms with Crippen LogP contribution in [0.2, 0.25) is 0 Å². The van der Waals surface area contributed by atoms with Gasteiger partial charge in [-0.3, -0.25) is 4.79 Å². The van der Waals surface area contributed by atoms with Gasteiger partial charge in [0.2, 0.25) is 5.91 Å². The molecule has 15 heavy (non-hydrogen) atoms. The number of carbonyl (C=O) groups excluding carboxylic acids is 1. The van der Waals surface area contributed by atoms with Crippen molar-refractivity contribution in [2.24, 2.45) is 5.73 Å². The maximum absolute atomic E-state index is 11.5. The maximum atomic E-state index is 11.5. The van der Waals surface area contributed by atoms with Gasteiger partial charge in [-0.25, -0.2) is 0 Å². The molecule has 0 aliphatic carbocycles. The van der Waals surface area contributed by atoms with Crippen LogP contribution in [0, 0.1) is 0 Å². The van der Waals surface area contributed by atoms with Crippen molar-refractivity contribution in [3.63, 3.8) is 0 Å². The van der Waals surface area contributed by atoms with Gasteiger partial charge >= 0.3 is 0 Å². The fourth-order valence-electron chi connectivity index (χ4n) is 1.49. The largest absolute Gasteiger partial charge is 0.337 e. The van der Waals surface area contributed by atoms with E-state index in [9.17, 15) is 4.79 Å². The van der Waals surface area contributed by atoms with Crippen LogP contribution in [0.5, 0.6) is 0 Å². The number of carbonyl (C=O) groups is 1. The Morgan fingerprint density at radius 3 is 2.53 bits per heavy atom. The Morgan fingerprint density at radius 2 is 2.00 bits per heavy atom. The molecule has 2 N–H and O–H groups in total. The first-order chi connectivity index (χ1) is 7.27. The summed E-state index contributed by atoms with van der Waals surface area (Å²) in [6.45, 7) is 3.57. The van der Waals surface area contributed by atoms with E-state index in [2.05, 4.69) is 6.92 Å². The molecule has 0 atom stereocenters. The molecule has 0 saturated heterocycles. The van der Waals surface area contributed by atoms with E-state index in [1.54, 1.807) is 4.90 Å². The van der Waals surface area contributed by atoms with Crippen LogP contribution in [0.25, 0.3) is 0 Å². The smallest absolute Gasteiger partial charge is 0.236 e. The Bertz CT molecular complexity index is 298. The number of hydrogen-bond donors (Lipinski definition) is 1. The third-order valence-corrected chi connectivity index (χ3v) is 2.24. The highest BCUT2D eigenvalue weighted by Gasteiger charge is 2.10. The zero-order valence-corrected chi connectivity index (χ0v) is 9.15. The molecule has 82 valence electrons. The van der Waals surface area contributed by atoms with E-state index in [4.69, 9.17) is 5.73 Å². The lowest BCUT2D eigenvalue weighted by Crippen LogP contribution is -2.36. The van der Waals surface area contributed by atoms with Gasteiger partial charge in [0.05, 0.1) is 6.54 Å². The molecule has 0 fully saturated rings. The summed E-state index contributed by atoms with van der Waals surface area (Å²) in [6.07, 6.45) is 0.957. The lowest BCUT2D eigenvalue weighted by Gasteiger charge is -2.21. The average Bonchev–Trinajstić information content (AvgIpc) is 2.29. The lowest BCUT2D eigenvalue weighted by atomic mass is 10.2. The van der Waals surface area contributed by atoms with E-state index in [0.717, 1.165) is 18.5 Å². The van der Waals surface area contributed by atoms with Crippen LogP contribution in [-0.4, -0.2) is 23.9 Å². The van der Waals surface area contributed by atoms with Gasteiger partial charge in [-0.2, -0.15) is 0 Å². The summed E-state index contributed by atoms with van der Waals surface area (Å²) < 4.78 is 0. The molecular weight excluding hydrogens is 188 g/mol. The number of benzene rings is 1. The van der Waals surface area contributed by atoms with Crippen molar-refractivity contribution >= 4 is 5.91 Å². The summed E-state index contributed by atoms with van der Waals surface area (Å²) >= 11 is 0. The number of hydrogen-bond acceptors (Lipinski definition) is 2. The van der Waals surface area contributed by atoms with Crippen LogP contribution < -0.4 is 5.73 Å². The maximum Gasteiger partial charge on any atom is 0.236 e. The topological polar surface area (TPSA) is 46.3 Å². The lowest BCUT2D eigenvalue weighted by molar-refractivity contribution is -0.130. The molecule has 1 aromatic rings. The third kappa shape index (κ3) is 3.72. The summed E-state index contributed by atoms with van der Waals surface area (Å²) in [4.78, 5) is 13.3. The number of nitrogens with two attached hydrogens (primary N) is 1. The van der Waals surface area contributed by atoms with Crippen molar-refractivity contribution < 1.29 is 4.79 Å². The summed E-state index contributed by atoms with van der Waals surface area (Å²) in [6, 6.07) is 9.97. The summed E-state index contributed by atoms with van der Waals surface area (Å²) in [5, 5.41) is 0. The predicted octanol–water partition coefficient (Wildman–Crippen LogP) is 1.38. The Morgan fingerprint density at radius 1 is 1.33 bits per heavy atom. The molecule has 0 spiro atoms. The van der Waals surface area contributed by atoms with Gasteiger partial charge in [-0.05, 0) is 12.0 Å². The molecular formula is C12H18N2O. The Kier molecular flexibility index (Phi) is 4.84. The van der Waals surface area contributed by atoms with Gasteiger partial charge < -0.3 is 10.6 Å². The Hall–Kier alpha value is -1.35. The second-order valence-corrected chi connectivity index (χ2v) is 3.51. The van der Waals surface area contributed by atoms with Crippen molar-refractivity contribution in [1.82, 2.24) is 4.90 Å². The zero-order chi connectivity index (χ0) is 11.1. The van der Waals surface area contributed by atoms with Crippen LogP contribution in [0.1, 0.15) is 18.9 Å². The fourth-order valence-corrected chi connectivity index (χ4v) is 1.49. The zero-order valence-electron chi connectivity index (χ0n) is 9.15. The van der Waals surface area contributed by atoms with Gasteiger partial charge in [-0.1, -0.05) is 37.3 Å². The van der Waals surface area contributed by atoms with E-state index in [-0.39, 0.29) is 12.5 Å². The van der Waals surface area contributed by atoms with Crippen LogP contribution in [-0.2, 0) is 11.3 Å². The highest BCUT2D eigenvalue weighted by Crippen LogP contribution is 2.04. The van der Waals surface area contributed by atoms with Crippen molar-refractivity contribution in [3.05, 3.63) is 35.9 Å². The Labute approximate surface area is 90.9 Å². The van der Waals surface area contributed by atoms with E-state index in [0.29, 0.717) is 6.54 Å². The fraction of sp³-hybridized carbons (Fsp3) is 0.417. The van der Waals surface area contributed by atoms with Gasteiger partial charge in [-0.15, -0.1) is 0 Å². The molecule has 0 heterocycles. The highest BCUT2D eigenvalue weighted by atomic mass is 16.2.